The van der Waals surface area contributed by atoms with Gasteiger partial charge in [0.1, 0.15) is 10.7 Å². The fourth-order valence-corrected chi connectivity index (χ4v) is 5.34. The predicted molar refractivity (Wildman–Crippen MR) is 119 cm³/mol. The highest BCUT2D eigenvalue weighted by atomic mass is 32.2. The van der Waals surface area contributed by atoms with Crippen molar-refractivity contribution in [1.82, 2.24) is 9.21 Å². The van der Waals surface area contributed by atoms with Crippen molar-refractivity contribution >= 4 is 15.9 Å². The van der Waals surface area contributed by atoms with E-state index in [2.05, 4.69) is 0 Å². The molecule has 0 aromatic heterocycles. The number of hydrogen-bond donors (Lipinski definition) is 0. The molecular weight excluding hydrogens is 435 g/mol. The number of benzene rings is 2. The molecule has 0 spiro atoms. The first-order chi connectivity index (χ1) is 15.3. The first-order valence-corrected chi connectivity index (χ1v) is 12.0. The SMILES string of the molecule is COc1ccc(CCN(C)C(=O)c2ccc(F)c(S(=O)(=O)N3CCCCC3)c2)cc1OC. The number of nitrogens with zero attached hydrogens (tertiary/aromatic N) is 2. The number of halogens is 1. The van der Waals surface area contributed by atoms with Gasteiger partial charge in [-0.3, -0.25) is 4.79 Å². The average Bonchev–Trinajstić information content (AvgIpc) is 2.82. The summed E-state index contributed by atoms with van der Waals surface area (Å²) in [6.45, 7) is 1.12. The van der Waals surface area contributed by atoms with E-state index in [9.17, 15) is 17.6 Å². The summed E-state index contributed by atoms with van der Waals surface area (Å²) < 4.78 is 52.1. The molecule has 0 saturated carbocycles. The Balaban J connectivity index is 1.74. The standard InChI is InChI=1S/C23H29FN2O5S/c1-25(14-11-17-7-10-20(30-2)21(15-17)31-3)23(27)18-8-9-19(24)22(16-18)32(28,29)26-12-5-4-6-13-26/h7-10,15-16H,4-6,11-14H2,1-3H3. The van der Waals surface area contributed by atoms with Crippen LogP contribution < -0.4 is 9.47 Å². The molecular formula is C23H29FN2O5S. The van der Waals surface area contributed by atoms with E-state index in [1.807, 2.05) is 12.1 Å². The summed E-state index contributed by atoms with van der Waals surface area (Å²) in [5.74, 6) is 0.000174. The third-order valence-electron chi connectivity index (χ3n) is 5.64. The van der Waals surface area contributed by atoms with Crippen LogP contribution in [-0.2, 0) is 16.4 Å². The number of piperidine rings is 1. The molecule has 1 saturated heterocycles. The molecule has 0 aliphatic carbocycles. The van der Waals surface area contributed by atoms with Gasteiger partial charge in [-0.25, -0.2) is 12.8 Å². The Bertz CT molecular complexity index is 1070. The van der Waals surface area contributed by atoms with Crippen LogP contribution in [0.5, 0.6) is 11.5 Å². The van der Waals surface area contributed by atoms with Crippen LogP contribution in [0.4, 0.5) is 4.39 Å². The van der Waals surface area contributed by atoms with Crippen LogP contribution in [0.3, 0.4) is 0 Å². The number of carbonyl (C=O) groups excluding carboxylic acids is 1. The van der Waals surface area contributed by atoms with Crippen LogP contribution in [0.25, 0.3) is 0 Å². The number of hydrogen-bond acceptors (Lipinski definition) is 5. The Morgan fingerprint density at radius 1 is 1.03 bits per heavy atom. The van der Waals surface area contributed by atoms with Crippen LogP contribution in [0, 0.1) is 5.82 Å². The van der Waals surface area contributed by atoms with E-state index in [-0.39, 0.29) is 11.5 Å². The molecule has 0 N–H and O–H groups in total. The summed E-state index contributed by atoms with van der Waals surface area (Å²) in [5, 5.41) is 0. The Morgan fingerprint density at radius 3 is 2.38 bits per heavy atom. The number of rotatable bonds is 8. The molecule has 9 heteroatoms. The fourth-order valence-electron chi connectivity index (χ4n) is 3.73. The lowest BCUT2D eigenvalue weighted by atomic mass is 10.1. The van der Waals surface area contributed by atoms with Crippen molar-refractivity contribution in [3.05, 3.63) is 53.3 Å². The number of methoxy groups -OCH3 is 2. The zero-order chi connectivity index (χ0) is 23.3. The highest BCUT2D eigenvalue weighted by Gasteiger charge is 2.29. The molecule has 1 aliphatic rings. The van der Waals surface area contributed by atoms with Crippen molar-refractivity contribution < 1.29 is 27.1 Å². The van der Waals surface area contributed by atoms with Crippen molar-refractivity contribution in [2.75, 3.05) is 40.9 Å². The molecule has 3 rings (SSSR count). The van der Waals surface area contributed by atoms with Crippen molar-refractivity contribution in [3.8, 4) is 11.5 Å². The molecule has 2 aromatic carbocycles. The third kappa shape index (κ3) is 5.21. The summed E-state index contributed by atoms with van der Waals surface area (Å²) >= 11 is 0. The maximum Gasteiger partial charge on any atom is 0.253 e. The molecule has 1 fully saturated rings. The predicted octanol–water partition coefficient (Wildman–Crippen LogP) is 3.33. The van der Waals surface area contributed by atoms with Crippen LogP contribution in [-0.4, -0.2) is 64.4 Å². The summed E-state index contributed by atoms with van der Waals surface area (Å²) in [6, 6.07) is 9.05. The minimum Gasteiger partial charge on any atom is -0.493 e. The van der Waals surface area contributed by atoms with E-state index < -0.39 is 20.7 Å². The minimum atomic E-state index is -3.98. The van der Waals surface area contributed by atoms with E-state index in [0.29, 0.717) is 37.6 Å². The van der Waals surface area contributed by atoms with Gasteiger partial charge in [-0.2, -0.15) is 4.31 Å². The van der Waals surface area contributed by atoms with Gasteiger partial charge >= 0.3 is 0 Å². The molecule has 1 aliphatic heterocycles. The number of carbonyl (C=O) groups is 1. The van der Waals surface area contributed by atoms with Gasteiger partial charge in [0.25, 0.3) is 5.91 Å². The second-order valence-electron chi connectivity index (χ2n) is 7.78. The lowest BCUT2D eigenvalue weighted by molar-refractivity contribution is 0.0796. The summed E-state index contributed by atoms with van der Waals surface area (Å²) in [7, 11) is 0.767. The maximum atomic E-state index is 14.4. The van der Waals surface area contributed by atoms with E-state index in [1.165, 1.54) is 15.3 Å². The summed E-state index contributed by atoms with van der Waals surface area (Å²) in [6.07, 6.45) is 3.01. The molecule has 0 atom stereocenters. The quantitative estimate of drug-likeness (QED) is 0.599. The fraction of sp³-hybridized carbons (Fsp3) is 0.435. The molecule has 2 aromatic rings. The molecule has 1 amide bonds. The van der Waals surface area contributed by atoms with Gasteiger partial charge in [-0.15, -0.1) is 0 Å². The second-order valence-corrected chi connectivity index (χ2v) is 9.68. The monoisotopic (exact) mass is 464 g/mol. The van der Waals surface area contributed by atoms with Gasteiger partial charge in [0.05, 0.1) is 14.2 Å². The lowest BCUT2D eigenvalue weighted by Gasteiger charge is -2.26. The van der Waals surface area contributed by atoms with E-state index >= 15 is 0 Å². The molecule has 0 radical (unpaired) electrons. The Kier molecular flexibility index (Phi) is 7.73. The molecule has 0 unspecified atom stereocenters. The molecule has 0 bridgehead atoms. The average molecular weight is 465 g/mol. The molecule has 7 nitrogen and oxygen atoms in total. The zero-order valence-corrected chi connectivity index (χ0v) is 19.5. The van der Waals surface area contributed by atoms with Crippen LogP contribution in [0.2, 0.25) is 0 Å². The highest BCUT2D eigenvalue weighted by molar-refractivity contribution is 7.89. The first kappa shape index (κ1) is 24.0. The van der Waals surface area contributed by atoms with Gasteiger partial charge in [-0.1, -0.05) is 12.5 Å². The second kappa shape index (κ2) is 10.3. The number of amides is 1. The smallest absolute Gasteiger partial charge is 0.253 e. The van der Waals surface area contributed by atoms with Gasteiger partial charge < -0.3 is 14.4 Å². The number of likely N-dealkylation sites (N-methyl/N-ethyl adjacent to an activating group) is 1. The zero-order valence-electron chi connectivity index (χ0n) is 18.6. The number of ether oxygens (including phenoxy) is 2. The first-order valence-electron chi connectivity index (χ1n) is 10.5. The Labute approximate surface area is 188 Å². The Hall–Kier alpha value is -2.65. The third-order valence-corrected chi connectivity index (χ3v) is 7.56. The van der Waals surface area contributed by atoms with Crippen molar-refractivity contribution in [2.24, 2.45) is 0 Å². The van der Waals surface area contributed by atoms with Gasteiger partial charge in [0, 0.05) is 32.2 Å². The molecule has 174 valence electrons. The normalized spacial score (nSPS) is 14.8. The van der Waals surface area contributed by atoms with Crippen molar-refractivity contribution in [1.29, 1.82) is 0 Å². The lowest BCUT2D eigenvalue weighted by Crippen LogP contribution is -2.36. The maximum absolute atomic E-state index is 14.4. The minimum absolute atomic E-state index is 0.136. The van der Waals surface area contributed by atoms with Gasteiger partial charge in [-0.05, 0) is 55.2 Å². The van der Waals surface area contributed by atoms with Crippen LogP contribution >= 0.6 is 0 Å². The molecule has 32 heavy (non-hydrogen) atoms. The topological polar surface area (TPSA) is 76.2 Å². The summed E-state index contributed by atoms with van der Waals surface area (Å²) in [5.41, 5.74) is 1.09. The van der Waals surface area contributed by atoms with Crippen LogP contribution in [0.15, 0.2) is 41.3 Å². The largest absolute Gasteiger partial charge is 0.493 e. The van der Waals surface area contributed by atoms with E-state index in [1.54, 1.807) is 27.3 Å². The van der Waals surface area contributed by atoms with Crippen LogP contribution in [0.1, 0.15) is 35.2 Å². The highest BCUT2D eigenvalue weighted by Crippen LogP contribution is 2.28. The van der Waals surface area contributed by atoms with Gasteiger partial charge in [0.2, 0.25) is 10.0 Å². The molecule has 1 heterocycles. The van der Waals surface area contributed by atoms with E-state index in [0.717, 1.165) is 37.0 Å². The Morgan fingerprint density at radius 2 is 1.72 bits per heavy atom. The summed E-state index contributed by atoms with van der Waals surface area (Å²) in [4.78, 5) is 13.9. The van der Waals surface area contributed by atoms with Crippen molar-refractivity contribution in [2.45, 2.75) is 30.6 Å². The van der Waals surface area contributed by atoms with Gasteiger partial charge in [0.15, 0.2) is 11.5 Å². The number of sulfonamides is 1. The van der Waals surface area contributed by atoms with E-state index in [4.69, 9.17) is 9.47 Å². The van der Waals surface area contributed by atoms with Crippen molar-refractivity contribution in [3.63, 3.8) is 0 Å².